The summed E-state index contributed by atoms with van der Waals surface area (Å²) >= 11 is 8.84. The van der Waals surface area contributed by atoms with Gasteiger partial charge in [-0.15, -0.1) is 11.3 Å². The zero-order chi connectivity index (χ0) is 11.4. The zero-order valence-electron chi connectivity index (χ0n) is 8.57. The van der Waals surface area contributed by atoms with Crippen LogP contribution in [0.1, 0.15) is 10.4 Å². The van der Waals surface area contributed by atoms with Crippen LogP contribution in [0.3, 0.4) is 0 Å². The first-order valence-corrected chi connectivity index (χ1v) is 8.85. The molecule has 1 aliphatic heterocycles. The first-order chi connectivity index (χ1) is 7.75. The van der Waals surface area contributed by atoms with Crippen LogP contribution in [0.25, 0.3) is 0 Å². The van der Waals surface area contributed by atoms with Crippen LogP contribution in [-0.2, 0) is 0 Å². The molecule has 0 radical (unpaired) electrons. The number of carbonyl (C=O) groups excluding carboxylic acids is 1. The van der Waals surface area contributed by atoms with Crippen molar-refractivity contribution in [2.24, 2.45) is 0 Å². The lowest BCUT2D eigenvalue weighted by atomic mass is 10.3. The Morgan fingerprint density at radius 3 is 3.06 bits per heavy atom. The van der Waals surface area contributed by atoms with Gasteiger partial charge < -0.3 is 5.32 Å². The number of thiophene rings is 1. The SMILES string of the molecule is O=C(NCC1CSCCS1)c1csc(Br)c1. The highest BCUT2D eigenvalue weighted by atomic mass is 79.9. The first-order valence-electron chi connectivity index (χ1n) is 4.97. The molecule has 1 aliphatic rings. The topological polar surface area (TPSA) is 29.1 Å². The van der Waals surface area contributed by atoms with Crippen molar-refractivity contribution in [1.29, 1.82) is 0 Å². The molecule has 1 atom stereocenters. The predicted molar refractivity (Wildman–Crippen MR) is 77.9 cm³/mol. The molecular weight excluding hydrogens is 326 g/mol. The van der Waals surface area contributed by atoms with Crippen LogP contribution in [0.5, 0.6) is 0 Å². The van der Waals surface area contributed by atoms with Gasteiger partial charge in [-0.25, -0.2) is 0 Å². The van der Waals surface area contributed by atoms with E-state index in [4.69, 9.17) is 0 Å². The summed E-state index contributed by atoms with van der Waals surface area (Å²) in [6.07, 6.45) is 0. The average Bonchev–Trinajstić information content (AvgIpc) is 2.74. The van der Waals surface area contributed by atoms with Crippen molar-refractivity contribution < 1.29 is 4.79 Å². The fourth-order valence-electron chi connectivity index (χ4n) is 1.39. The number of halogens is 1. The van der Waals surface area contributed by atoms with Gasteiger partial charge in [0.1, 0.15) is 0 Å². The van der Waals surface area contributed by atoms with Crippen molar-refractivity contribution in [2.45, 2.75) is 5.25 Å². The molecule has 1 unspecified atom stereocenters. The molecule has 0 bridgehead atoms. The smallest absolute Gasteiger partial charge is 0.252 e. The number of hydrogen-bond acceptors (Lipinski definition) is 4. The Bertz CT molecular complexity index is 363. The van der Waals surface area contributed by atoms with Crippen LogP contribution in [0, 0.1) is 0 Å². The Labute approximate surface area is 116 Å². The first kappa shape index (κ1) is 12.8. The molecular formula is C10H12BrNOS3. The van der Waals surface area contributed by atoms with Gasteiger partial charge in [0.15, 0.2) is 0 Å². The normalized spacial score (nSPS) is 20.7. The van der Waals surface area contributed by atoms with Gasteiger partial charge in [-0.2, -0.15) is 23.5 Å². The molecule has 2 heterocycles. The molecule has 0 spiro atoms. The maximum absolute atomic E-state index is 11.8. The van der Waals surface area contributed by atoms with Gasteiger partial charge in [-0.3, -0.25) is 4.79 Å². The largest absolute Gasteiger partial charge is 0.351 e. The molecule has 88 valence electrons. The van der Waals surface area contributed by atoms with Gasteiger partial charge in [0.2, 0.25) is 0 Å². The lowest BCUT2D eigenvalue weighted by Crippen LogP contribution is -2.33. The molecule has 0 aliphatic carbocycles. The predicted octanol–water partition coefficient (Wildman–Crippen LogP) is 3.09. The van der Waals surface area contributed by atoms with E-state index in [0.717, 1.165) is 21.6 Å². The molecule has 1 aromatic rings. The van der Waals surface area contributed by atoms with Crippen LogP contribution in [0.15, 0.2) is 15.2 Å². The van der Waals surface area contributed by atoms with Crippen LogP contribution in [0.4, 0.5) is 0 Å². The minimum atomic E-state index is 0.0399. The standard InChI is InChI=1S/C10H12BrNOS3/c11-9-3-7(5-16-9)10(13)12-4-8-6-14-1-2-15-8/h3,5,8H,1-2,4,6H2,(H,12,13). The average molecular weight is 338 g/mol. The Balaban J connectivity index is 1.79. The molecule has 0 saturated carbocycles. The van der Waals surface area contributed by atoms with E-state index in [2.05, 4.69) is 21.2 Å². The molecule has 2 rings (SSSR count). The lowest BCUT2D eigenvalue weighted by molar-refractivity contribution is 0.0954. The van der Waals surface area contributed by atoms with Crippen LogP contribution in [0.2, 0.25) is 0 Å². The zero-order valence-corrected chi connectivity index (χ0v) is 12.6. The highest BCUT2D eigenvalue weighted by Crippen LogP contribution is 2.24. The molecule has 1 fully saturated rings. The Morgan fingerprint density at radius 1 is 1.56 bits per heavy atom. The van der Waals surface area contributed by atoms with Crippen LogP contribution in [-0.4, -0.2) is 35.0 Å². The summed E-state index contributed by atoms with van der Waals surface area (Å²) in [5, 5.41) is 5.45. The van der Waals surface area contributed by atoms with Gasteiger partial charge in [0.05, 0.1) is 9.35 Å². The van der Waals surface area contributed by atoms with E-state index in [0.29, 0.717) is 5.25 Å². The van der Waals surface area contributed by atoms with Crippen molar-refractivity contribution in [3.05, 3.63) is 20.8 Å². The summed E-state index contributed by atoms with van der Waals surface area (Å²) in [7, 11) is 0. The molecule has 6 heteroatoms. The second-order valence-corrected chi connectivity index (χ2v) is 8.27. The molecule has 16 heavy (non-hydrogen) atoms. The molecule has 1 aromatic heterocycles. The van der Waals surface area contributed by atoms with E-state index in [1.807, 2.05) is 35.0 Å². The summed E-state index contributed by atoms with van der Waals surface area (Å²) in [5.41, 5.74) is 0.755. The second kappa shape index (κ2) is 6.33. The monoisotopic (exact) mass is 337 g/mol. The number of amides is 1. The van der Waals surface area contributed by atoms with Gasteiger partial charge in [-0.1, -0.05) is 0 Å². The van der Waals surface area contributed by atoms with Gasteiger partial charge in [0.25, 0.3) is 5.91 Å². The van der Waals surface area contributed by atoms with E-state index in [9.17, 15) is 4.79 Å². The van der Waals surface area contributed by atoms with E-state index in [-0.39, 0.29) is 5.91 Å². The maximum Gasteiger partial charge on any atom is 0.252 e. The third-order valence-electron chi connectivity index (χ3n) is 2.20. The quantitative estimate of drug-likeness (QED) is 0.918. The van der Waals surface area contributed by atoms with Crippen molar-refractivity contribution in [1.82, 2.24) is 5.32 Å². The number of thioether (sulfide) groups is 2. The van der Waals surface area contributed by atoms with E-state index < -0.39 is 0 Å². The third-order valence-corrected chi connectivity index (χ3v) is 6.55. The maximum atomic E-state index is 11.8. The summed E-state index contributed by atoms with van der Waals surface area (Å²) < 4.78 is 1.00. The Morgan fingerprint density at radius 2 is 2.44 bits per heavy atom. The highest BCUT2D eigenvalue weighted by molar-refractivity contribution is 9.11. The molecule has 2 nitrogen and oxygen atoms in total. The molecule has 1 saturated heterocycles. The Hall–Kier alpha value is 0.350. The van der Waals surface area contributed by atoms with Gasteiger partial charge in [0, 0.05) is 34.4 Å². The van der Waals surface area contributed by atoms with Crippen molar-refractivity contribution in [2.75, 3.05) is 23.8 Å². The van der Waals surface area contributed by atoms with E-state index >= 15 is 0 Å². The third kappa shape index (κ3) is 3.68. The number of carbonyl (C=O) groups is 1. The lowest BCUT2D eigenvalue weighted by Gasteiger charge is -2.20. The van der Waals surface area contributed by atoms with E-state index in [1.165, 1.54) is 11.5 Å². The van der Waals surface area contributed by atoms with Crippen LogP contribution >= 0.6 is 50.8 Å². The number of rotatable bonds is 3. The fraction of sp³-hybridized carbons (Fsp3) is 0.500. The van der Waals surface area contributed by atoms with Crippen molar-refractivity contribution >= 4 is 56.7 Å². The highest BCUT2D eigenvalue weighted by Gasteiger charge is 2.16. The number of hydrogen-bond donors (Lipinski definition) is 1. The van der Waals surface area contributed by atoms with Gasteiger partial charge >= 0.3 is 0 Å². The molecule has 1 amide bonds. The van der Waals surface area contributed by atoms with Gasteiger partial charge in [-0.05, 0) is 22.0 Å². The van der Waals surface area contributed by atoms with E-state index in [1.54, 1.807) is 11.3 Å². The minimum absolute atomic E-state index is 0.0399. The molecule has 1 N–H and O–H groups in total. The second-order valence-electron chi connectivity index (χ2n) is 3.42. The Kier molecular flexibility index (Phi) is 5.06. The molecule has 0 aromatic carbocycles. The summed E-state index contributed by atoms with van der Waals surface area (Å²) in [5.74, 6) is 3.64. The summed E-state index contributed by atoms with van der Waals surface area (Å²) in [6.45, 7) is 0.782. The van der Waals surface area contributed by atoms with Crippen molar-refractivity contribution in [3.63, 3.8) is 0 Å². The summed E-state index contributed by atoms with van der Waals surface area (Å²) in [4.78, 5) is 11.8. The fourth-order valence-corrected chi connectivity index (χ4v) is 5.14. The van der Waals surface area contributed by atoms with Crippen molar-refractivity contribution in [3.8, 4) is 0 Å². The summed E-state index contributed by atoms with van der Waals surface area (Å²) in [6, 6.07) is 1.86. The van der Waals surface area contributed by atoms with Crippen LogP contribution < -0.4 is 5.32 Å². The number of nitrogens with one attached hydrogen (secondary N) is 1. The minimum Gasteiger partial charge on any atom is -0.351 e.